The summed E-state index contributed by atoms with van der Waals surface area (Å²) in [7, 11) is 1.52. The molecule has 0 aliphatic heterocycles. The first kappa shape index (κ1) is 16.3. The molecule has 0 unspecified atom stereocenters. The Labute approximate surface area is 133 Å². The first-order valence-electron chi connectivity index (χ1n) is 6.83. The number of aromatic nitrogens is 4. The quantitative estimate of drug-likeness (QED) is 0.640. The third-order valence-electron chi connectivity index (χ3n) is 2.88. The van der Waals surface area contributed by atoms with Gasteiger partial charge in [0.1, 0.15) is 0 Å². The summed E-state index contributed by atoms with van der Waals surface area (Å²) in [4.78, 5) is 10.8. The Kier molecular flexibility index (Phi) is 5.50. The molecule has 122 valence electrons. The summed E-state index contributed by atoms with van der Waals surface area (Å²) in [6.45, 7) is 4.45. The van der Waals surface area contributed by atoms with Crippen molar-refractivity contribution in [3.63, 3.8) is 0 Å². The molecule has 1 amide bonds. The number of hydrogen-bond acceptors (Lipinski definition) is 7. The summed E-state index contributed by atoms with van der Waals surface area (Å²) in [5.41, 5.74) is 5.99. The lowest BCUT2D eigenvalue weighted by molar-refractivity contribution is -0.119. The molecule has 0 radical (unpaired) electrons. The molecule has 3 N–H and O–H groups in total. The average Bonchev–Trinajstić information content (AvgIpc) is 2.98. The van der Waals surface area contributed by atoms with Gasteiger partial charge in [-0.25, -0.2) is 4.68 Å². The van der Waals surface area contributed by atoms with Crippen LogP contribution in [0.15, 0.2) is 30.9 Å². The molecule has 0 saturated carbocycles. The van der Waals surface area contributed by atoms with Gasteiger partial charge in [0.2, 0.25) is 5.95 Å². The van der Waals surface area contributed by atoms with E-state index < -0.39 is 5.91 Å². The van der Waals surface area contributed by atoms with E-state index >= 15 is 0 Å². The van der Waals surface area contributed by atoms with Crippen LogP contribution in [-0.2, 0) is 17.9 Å². The number of anilines is 1. The smallest absolute Gasteiger partial charge is 0.255 e. The fourth-order valence-electron chi connectivity index (χ4n) is 1.85. The Hall–Kier alpha value is -3.10. The molecule has 0 bridgehead atoms. The van der Waals surface area contributed by atoms with Crippen molar-refractivity contribution in [2.24, 2.45) is 5.73 Å². The maximum atomic E-state index is 10.8. The number of rotatable bonds is 9. The summed E-state index contributed by atoms with van der Waals surface area (Å²) in [5.74, 6) is 0.951. The molecule has 9 nitrogen and oxygen atoms in total. The highest BCUT2D eigenvalue weighted by Gasteiger charge is 2.09. The maximum Gasteiger partial charge on any atom is 0.255 e. The molecule has 23 heavy (non-hydrogen) atoms. The molecule has 0 spiro atoms. The summed E-state index contributed by atoms with van der Waals surface area (Å²) >= 11 is 0. The Bertz CT molecular complexity index is 685. The van der Waals surface area contributed by atoms with Crippen molar-refractivity contribution >= 4 is 11.9 Å². The normalized spacial score (nSPS) is 10.1. The van der Waals surface area contributed by atoms with Gasteiger partial charge in [0.25, 0.3) is 5.91 Å². The highest BCUT2D eigenvalue weighted by atomic mass is 16.5. The molecule has 0 saturated heterocycles. The SMILES string of the molecule is C=CCn1nnnc1NCc1ccc(OCC(N)=O)c(OC)c1. The van der Waals surface area contributed by atoms with E-state index in [1.807, 2.05) is 6.07 Å². The van der Waals surface area contributed by atoms with Gasteiger partial charge in [0.15, 0.2) is 18.1 Å². The number of nitrogens with one attached hydrogen (secondary N) is 1. The number of benzene rings is 1. The van der Waals surface area contributed by atoms with Gasteiger partial charge in [-0.1, -0.05) is 17.2 Å². The maximum absolute atomic E-state index is 10.8. The minimum absolute atomic E-state index is 0.204. The van der Waals surface area contributed by atoms with Crippen LogP contribution in [0.2, 0.25) is 0 Å². The lowest BCUT2D eigenvalue weighted by atomic mass is 10.2. The predicted octanol–water partition coefficient (Wildman–Crippen LogP) is 0.344. The number of hydrogen-bond donors (Lipinski definition) is 2. The number of primary amides is 1. The van der Waals surface area contributed by atoms with E-state index in [0.717, 1.165) is 5.56 Å². The number of allylic oxidation sites excluding steroid dienone is 1. The molecule has 0 aliphatic rings. The van der Waals surface area contributed by atoms with Crippen LogP contribution >= 0.6 is 0 Å². The van der Waals surface area contributed by atoms with E-state index in [2.05, 4.69) is 27.4 Å². The molecule has 2 rings (SSSR count). The van der Waals surface area contributed by atoms with E-state index in [1.165, 1.54) is 7.11 Å². The van der Waals surface area contributed by atoms with Crippen LogP contribution < -0.4 is 20.5 Å². The number of amides is 1. The van der Waals surface area contributed by atoms with Gasteiger partial charge in [-0.2, -0.15) is 0 Å². The molecule has 0 aliphatic carbocycles. The minimum Gasteiger partial charge on any atom is -0.493 e. The molecule has 0 atom stereocenters. The second kappa shape index (κ2) is 7.78. The van der Waals surface area contributed by atoms with Crippen LogP contribution in [0, 0.1) is 0 Å². The zero-order valence-electron chi connectivity index (χ0n) is 12.7. The summed E-state index contributed by atoms with van der Waals surface area (Å²) < 4.78 is 12.1. The van der Waals surface area contributed by atoms with Gasteiger partial charge < -0.3 is 20.5 Å². The highest BCUT2D eigenvalue weighted by Crippen LogP contribution is 2.28. The molecular weight excluding hydrogens is 300 g/mol. The summed E-state index contributed by atoms with van der Waals surface area (Å²) in [6.07, 6.45) is 1.70. The van der Waals surface area contributed by atoms with E-state index in [0.29, 0.717) is 30.5 Å². The number of tetrazole rings is 1. The van der Waals surface area contributed by atoms with Crippen molar-refractivity contribution in [1.82, 2.24) is 20.2 Å². The zero-order valence-corrected chi connectivity index (χ0v) is 12.7. The first-order valence-corrected chi connectivity index (χ1v) is 6.83. The second-order valence-electron chi connectivity index (χ2n) is 4.57. The Morgan fingerprint density at radius 1 is 1.48 bits per heavy atom. The van der Waals surface area contributed by atoms with Crippen LogP contribution in [0.4, 0.5) is 5.95 Å². The van der Waals surface area contributed by atoms with Crippen molar-refractivity contribution in [2.75, 3.05) is 19.0 Å². The van der Waals surface area contributed by atoms with Gasteiger partial charge in [-0.05, 0) is 28.1 Å². The fourth-order valence-corrected chi connectivity index (χ4v) is 1.85. The Balaban J connectivity index is 2.04. The molecule has 2 aromatic rings. The molecule has 9 heteroatoms. The topological polar surface area (TPSA) is 117 Å². The average molecular weight is 318 g/mol. The van der Waals surface area contributed by atoms with Gasteiger partial charge in [0, 0.05) is 6.54 Å². The van der Waals surface area contributed by atoms with Crippen molar-refractivity contribution in [2.45, 2.75) is 13.1 Å². The number of nitrogens with zero attached hydrogens (tertiary/aromatic N) is 4. The Morgan fingerprint density at radius 3 is 3.00 bits per heavy atom. The molecule has 1 aromatic carbocycles. The van der Waals surface area contributed by atoms with E-state index in [-0.39, 0.29) is 6.61 Å². The molecule has 1 aromatic heterocycles. The lowest BCUT2D eigenvalue weighted by Crippen LogP contribution is -2.20. The van der Waals surface area contributed by atoms with Crippen molar-refractivity contribution < 1.29 is 14.3 Å². The first-order chi connectivity index (χ1) is 11.1. The molecule has 0 fully saturated rings. The fraction of sp³-hybridized carbons (Fsp3) is 0.286. The number of methoxy groups -OCH3 is 1. The molecule has 1 heterocycles. The lowest BCUT2D eigenvalue weighted by Gasteiger charge is -2.12. The van der Waals surface area contributed by atoms with Crippen molar-refractivity contribution in [3.05, 3.63) is 36.4 Å². The monoisotopic (exact) mass is 318 g/mol. The van der Waals surface area contributed by atoms with Crippen molar-refractivity contribution in [3.8, 4) is 11.5 Å². The summed E-state index contributed by atoms with van der Waals surface area (Å²) in [6, 6.07) is 5.35. The molecular formula is C14H18N6O3. The van der Waals surface area contributed by atoms with Gasteiger partial charge in [0.05, 0.1) is 13.7 Å². The van der Waals surface area contributed by atoms with Crippen LogP contribution in [0.3, 0.4) is 0 Å². The van der Waals surface area contributed by atoms with Gasteiger partial charge in [-0.3, -0.25) is 4.79 Å². The standard InChI is InChI=1S/C14H18N6O3/c1-3-6-20-14(17-18-19-20)16-8-10-4-5-11(12(7-10)22-2)23-9-13(15)21/h3-5,7H,1,6,8-9H2,2H3,(H2,15,21)(H,16,17,19). The number of carbonyl (C=O) groups is 1. The van der Waals surface area contributed by atoms with Crippen LogP contribution in [0.25, 0.3) is 0 Å². The van der Waals surface area contributed by atoms with Crippen LogP contribution in [0.5, 0.6) is 11.5 Å². The van der Waals surface area contributed by atoms with E-state index in [9.17, 15) is 4.79 Å². The Morgan fingerprint density at radius 2 is 2.30 bits per heavy atom. The van der Waals surface area contributed by atoms with E-state index in [1.54, 1.807) is 22.9 Å². The van der Waals surface area contributed by atoms with Gasteiger partial charge in [-0.15, -0.1) is 6.58 Å². The van der Waals surface area contributed by atoms with Gasteiger partial charge >= 0.3 is 0 Å². The predicted molar refractivity (Wildman–Crippen MR) is 83.0 cm³/mol. The zero-order chi connectivity index (χ0) is 16.7. The summed E-state index contributed by atoms with van der Waals surface area (Å²) in [5, 5.41) is 14.5. The van der Waals surface area contributed by atoms with E-state index in [4.69, 9.17) is 15.2 Å². The minimum atomic E-state index is -0.549. The number of carbonyl (C=O) groups excluding carboxylic acids is 1. The highest BCUT2D eigenvalue weighted by molar-refractivity contribution is 5.75. The largest absolute Gasteiger partial charge is 0.493 e. The third-order valence-corrected chi connectivity index (χ3v) is 2.88. The van der Waals surface area contributed by atoms with Crippen molar-refractivity contribution in [1.29, 1.82) is 0 Å². The number of ether oxygens (including phenoxy) is 2. The third kappa shape index (κ3) is 4.43. The number of nitrogens with two attached hydrogens (primary N) is 1. The van der Waals surface area contributed by atoms with Crippen LogP contribution in [0.1, 0.15) is 5.56 Å². The second-order valence-corrected chi connectivity index (χ2v) is 4.57. The van der Waals surface area contributed by atoms with Crippen LogP contribution in [-0.4, -0.2) is 39.8 Å².